The second-order valence-electron chi connectivity index (χ2n) is 6.30. The fourth-order valence-electron chi connectivity index (χ4n) is 2.76. The molecule has 1 N–H and O–H groups in total. The lowest BCUT2D eigenvalue weighted by atomic mass is 9.95. The molecule has 0 aromatic heterocycles. The Bertz CT molecular complexity index is 462. The van der Waals surface area contributed by atoms with Gasteiger partial charge in [-0.1, -0.05) is 35.3 Å². The second-order valence-corrected chi connectivity index (χ2v) is 7.15. The van der Waals surface area contributed by atoms with Crippen molar-refractivity contribution in [3.8, 4) is 0 Å². The molecule has 0 radical (unpaired) electrons. The van der Waals surface area contributed by atoms with Crippen LogP contribution in [0.2, 0.25) is 0 Å². The van der Waals surface area contributed by atoms with Crippen LogP contribution in [0.3, 0.4) is 0 Å². The maximum Gasteiger partial charge on any atom is 0.124 e. The molecule has 0 saturated carbocycles. The van der Waals surface area contributed by atoms with Gasteiger partial charge in [0.05, 0.1) is 0 Å². The van der Waals surface area contributed by atoms with Crippen LogP contribution in [0.1, 0.15) is 39.2 Å². The van der Waals surface area contributed by atoms with E-state index in [1.165, 1.54) is 12.8 Å². The van der Waals surface area contributed by atoms with Crippen molar-refractivity contribution in [3.63, 3.8) is 0 Å². The Balaban J connectivity index is 2.11. The molecule has 2 nitrogen and oxygen atoms in total. The Kier molecular flexibility index (Phi) is 5.21. The predicted molar refractivity (Wildman–Crippen MR) is 85.3 cm³/mol. The largest absolute Gasteiger partial charge is 0.311 e. The number of benzene rings is 1. The predicted octanol–water partition coefficient (Wildman–Crippen LogP) is 3.94. The highest BCUT2D eigenvalue weighted by molar-refractivity contribution is 9.10. The Hall–Kier alpha value is -0.450. The molecular formula is C16H24BrFN2. The van der Waals surface area contributed by atoms with Gasteiger partial charge < -0.3 is 5.32 Å². The van der Waals surface area contributed by atoms with E-state index >= 15 is 0 Å². The highest BCUT2D eigenvalue weighted by Gasteiger charge is 2.33. The normalized spacial score (nSPS) is 22.9. The van der Waals surface area contributed by atoms with Crippen LogP contribution in [0, 0.1) is 5.82 Å². The van der Waals surface area contributed by atoms with Crippen molar-refractivity contribution in [3.05, 3.63) is 34.1 Å². The third-order valence-corrected chi connectivity index (χ3v) is 4.87. The molecule has 20 heavy (non-hydrogen) atoms. The molecule has 0 amide bonds. The first-order chi connectivity index (χ1) is 9.42. The van der Waals surface area contributed by atoms with Gasteiger partial charge in [-0.3, -0.25) is 4.90 Å². The first-order valence-electron chi connectivity index (χ1n) is 7.34. The van der Waals surface area contributed by atoms with Crippen LogP contribution in [0.15, 0.2) is 22.7 Å². The van der Waals surface area contributed by atoms with E-state index in [0.717, 1.165) is 29.7 Å². The smallest absolute Gasteiger partial charge is 0.124 e. The van der Waals surface area contributed by atoms with E-state index in [1.54, 1.807) is 12.1 Å². The number of hydrogen-bond acceptors (Lipinski definition) is 2. The average Bonchev–Trinajstić information content (AvgIpc) is 2.37. The molecule has 1 aliphatic rings. The lowest BCUT2D eigenvalue weighted by Gasteiger charge is -2.46. The van der Waals surface area contributed by atoms with E-state index in [-0.39, 0.29) is 11.4 Å². The Morgan fingerprint density at radius 2 is 2.20 bits per heavy atom. The monoisotopic (exact) mass is 342 g/mol. The molecule has 0 spiro atoms. The van der Waals surface area contributed by atoms with E-state index in [4.69, 9.17) is 0 Å². The summed E-state index contributed by atoms with van der Waals surface area (Å²) in [7, 11) is 0. The molecule has 112 valence electrons. The third kappa shape index (κ3) is 3.80. The summed E-state index contributed by atoms with van der Waals surface area (Å²) < 4.78 is 14.0. The summed E-state index contributed by atoms with van der Waals surface area (Å²) in [5.74, 6) is -0.191. The summed E-state index contributed by atoms with van der Waals surface area (Å²) in [6.45, 7) is 9.65. The number of piperazine rings is 1. The van der Waals surface area contributed by atoms with Crippen molar-refractivity contribution in [2.45, 2.75) is 51.7 Å². The summed E-state index contributed by atoms with van der Waals surface area (Å²) in [6.07, 6.45) is 2.41. The Labute approximate surface area is 129 Å². The minimum Gasteiger partial charge on any atom is -0.311 e. The molecule has 1 unspecified atom stereocenters. The molecule has 1 heterocycles. The second kappa shape index (κ2) is 6.54. The van der Waals surface area contributed by atoms with E-state index in [1.807, 2.05) is 6.07 Å². The zero-order valence-electron chi connectivity index (χ0n) is 12.5. The molecular weight excluding hydrogens is 319 g/mol. The first-order valence-corrected chi connectivity index (χ1v) is 8.14. The van der Waals surface area contributed by atoms with E-state index in [0.29, 0.717) is 6.04 Å². The molecule has 2 rings (SSSR count). The fraction of sp³-hybridized carbons (Fsp3) is 0.625. The van der Waals surface area contributed by atoms with Crippen molar-refractivity contribution < 1.29 is 4.39 Å². The molecule has 1 aliphatic heterocycles. The van der Waals surface area contributed by atoms with Crippen LogP contribution in [0.4, 0.5) is 4.39 Å². The number of nitrogens with one attached hydrogen (secondary N) is 1. The SMILES string of the molecule is CCCC1CN(Cc2ccc(F)cc2Br)C(C)(C)CN1. The van der Waals surface area contributed by atoms with Gasteiger partial charge >= 0.3 is 0 Å². The molecule has 1 aromatic carbocycles. The van der Waals surface area contributed by atoms with Gasteiger partial charge in [0.15, 0.2) is 0 Å². The lowest BCUT2D eigenvalue weighted by molar-refractivity contribution is 0.0562. The Morgan fingerprint density at radius 3 is 2.85 bits per heavy atom. The van der Waals surface area contributed by atoms with Gasteiger partial charge in [-0.2, -0.15) is 0 Å². The molecule has 1 atom stereocenters. The topological polar surface area (TPSA) is 15.3 Å². The van der Waals surface area contributed by atoms with Gasteiger partial charge in [-0.25, -0.2) is 4.39 Å². The summed E-state index contributed by atoms with van der Waals surface area (Å²) in [5, 5.41) is 3.64. The summed E-state index contributed by atoms with van der Waals surface area (Å²) in [4.78, 5) is 2.50. The van der Waals surface area contributed by atoms with Gasteiger partial charge in [-0.15, -0.1) is 0 Å². The lowest BCUT2D eigenvalue weighted by Crippen LogP contribution is -2.61. The Morgan fingerprint density at radius 1 is 1.45 bits per heavy atom. The summed E-state index contributed by atoms with van der Waals surface area (Å²) in [5.41, 5.74) is 1.27. The van der Waals surface area contributed by atoms with Crippen LogP contribution >= 0.6 is 15.9 Å². The van der Waals surface area contributed by atoms with Gasteiger partial charge in [0.2, 0.25) is 0 Å². The number of halogens is 2. The minimum atomic E-state index is -0.191. The molecule has 1 fully saturated rings. The van der Waals surface area contributed by atoms with Crippen LogP contribution in [-0.4, -0.2) is 29.6 Å². The van der Waals surface area contributed by atoms with Crippen LogP contribution < -0.4 is 5.32 Å². The zero-order valence-corrected chi connectivity index (χ0v) is 14.1. The summed E-state index contributed by atoms with van der Waals surface area (Å²) in [6, 6.07) is 5.53. The molecule has 0 aliphatic carbocycles. The minimum absolute atomic E-state index is 0.123. The summed E-state index contributed by atoms with van der Waals surface area (Å²) >= 11 is 3.48. The third-order valence-electron chi connectivity index (χ3n) is 4.13. The van der Waals surface area contributed by atoms with E-state index < -0.39 is 0 Å². The number of nitrogens with zero attached hydrogens (tertiary/aromatic N) is 1. The molecule has 1 aromatic rings. The molecule has 1 saturated heterocycles. The van der Waals surface area contributed by atoms with Gasteiger partial charge in [0, 0.05) is 35.7 Å². The van der Waals surface area contributed by atoms with E-state index in [9.17, 15) is 4.39 Å². The molecule has 0 bridgehead atoms. The first kappa shape index (κ1) is 15.9. The maximum absolute atomic E-state index is 13.2. The van der Waals surface area contributed by atoms with Crippen molar-refractivity contribution in [2.24, 2.45) is 0 Å². The van der Waals surface area contributed by atoms with E-state index in [2.05, 4.69) is 46.9 Å². The van der Waals surface area contributed by atoms with Crippen molar-refractivity contribution in [2.75, 3.05) is 13.1 Å². The fourth-order valence-corrected chi connectivity index (χ4v) is 3.24. The van der Waals surface area contributed by atoms with Crippen molar-refractivity contribution in [1.82, 2.24) is 10.2 Å². The molecule has 4 heteroatoms. The zero-order chi connectivity index (χ0) is 14.8. The van der Waals surface area contributed by atoms with Gasteiger partial charge in [0.1, 0.15) is 5.82 Å². The standard InChI is InChI=1S/C16H24BrFN2/c1-4-5-14-10-20(16(2,3)11-19-14)9-12-6-7-13(18)8-15(12)17/h6-8,14,19H,4-5,9-11H2,1-3H3. The highest BCUT2D eigenvalue weighted by atomic mass is 79.9. The van der Waals surface area contributed by atoms with Gasteiger partial charge in [0.25, 0.3) is 0 Å². The van der Waals surface area contributed by atoms with Gasteiger partial charge in [-0.05, 0) is 38.0 Å². The number of hydrogen-bond donors (Lipinski definition) is 1. The quantitative estimate of drug-likeness (QED) is 0.891. The van der Waals surface area contributed by atoms with Crippen LogP contribution in [0.25, 0.3) is 0 Å². The maximum atomic E-state index is 13.2. The van der Waals surface area contributed by atoms with Crippen LogP contribution in [-0.2, 0) is 6.54 Å². The highest BCUT2D eigenvalue weighted by Crippen LogP contribution is 2.26. The van der Waals surface area contributed by atoms with Crippen LogP contribution in [0.5, 0.6) is 0 Å². The van der Waals surface area contributed by atoms with Crippen molar-refractivity contribution in [1.29, 1.82) is 0 Å². The number of rotatable bonds is 4. The average molecular weight is 343 g/mol. The van der Waals surface area contributed by atoms with Crippen molar-refractivity contribution >= 4 is 15.9 Å².